The number of hydrogen-bond donors (Lipinski definition) is 3. The Kier molecular flexibility index (Phi) is 3.47. The third kappa shape index (κ3) is 3.06. The highest BCUT2D eigenvalue weighted by Gasteiger charge is 2.31. The van der Waals surface area contributed by atoms with Gasteiger partial charge < -0.3 is 16.2 Å². The molecule has 1 heterocycles. The van der Waals surface area contributed by atoms with Gasteiger partial charge in [0.15, 0.2) is 5.82 Å². The van der Waals surface area contributed by atoms with Gasteiger partial charge in [-0.3, -0.25) is 0 Å². The molecule has 1 aliphatic carbocycles. The van der Waals surface area contributed by atoms with E-state index in [1.165, 1.54) is 6.33 Å². The van der Waals surface area contributed by atoms with Crippen LogP contribution < -0.4 is 11.1 Å². The Bertz CT molecular complexity index is 375. The molecular weight excluding hydrogens is 216 g/mol. The number of nitrogens with one attached hydrogen (secondary N) is 1. The molecule has 1 saturated carbocycles. The summed E-state index contributed by atoms with van der Waals surface area (Å²) in [6.45, 7) is 2.73. The monoisotopic (exact) mass is 236 g/mol. The molecule has 0 saturated heterocycles. The average Bonchev–Trinajstić information content (AvgIpc) is 2.33. The summed E-state index contributed by atoms with van der Waals surface area (Å²) in [7, 11) is 0. The number of anilines is 2. The second kappa shape index (κ2) is 4.87. The lowest BCUT2D eigenvalue weighted by atomic mass is 9.79. The molecule has 5 heteroatoms. The predicted molar refractivity (Wildman–Crippen MR) is 67.5 cm³/mol. The number of nitrogens with zero attached hydrogens (tertiary/aromatic N) is 2. The first-order chi connectivity index (χ1) is 8.09. The zero-order chi connectivity index (χ0) is 12.3. The van der Waals surface area contributed by atoms with Gasteiger partial charge in [-0.05, 0) is 31.6 Å². The predicted octanol–water partition coefficient (Wildman–Crippen LogP) is 1.41. The minimum atomic E-state index is -0.621. The lowest BCUT2D eigenvalue weighted by Crippen LogP contribution is -2.40. The van der Waals surface area contributed by atoms with E-state index < -0.39 is 5.60 Å². The molecular formula is C12H20N4O. The second-order valence-electron chi connectivity index (χ2n) is 5.09. The summed E-state index contributed by atoms with van der Waals surface area (Å²) in [5.74, 6) is 1.33. The van der Waals surface area contributed by atoms with Crippen LogP contribution in [0.5, 0.6) is 0 Å². The maximum atomic E-state index is 10.4. The Morgan fingerprint density at radius 3 is 2.88 bits per heavy atom. The van der Waals surface area contributed by atoms with Crippen LogP contribution in [0.4, 0.5) is 11.5 Å². The van der Waals surface area contributed by atoms with Crippen LogP contribution in [-0.2, 0) is 0 Å². The first-order valence-corrected chi connectivity index (χ1v) is 6.11. The summed E-state index contributed by atoms with van der Waals surface area (Å²) in [6, 6.07) is 0. The molecule has 0 atom stereocenters. The molecule has 0 unspecified atom stereocenters. The van der Waals surface area contributed by atoms with Gasteiger partial charge in [-0.1, -0.05) is 6.92 Å². The van der Waals surface area contributed by atoms with Gasteiger partial charge in [-0.2, -0.15) is 0 Å². The molecule has 17 heavy (non-hydrogen) atoms. The highest BCUT2D eigenvalue weighted by Crippen LogP contribution is 2.32. The minimum absolute atomic E-state index is 0.501. The summed E-state index contributed by atoms with van der Waals surface area (Å²) >= 11 is 0. The summed E-state index contributed by atoms with van der Waals surface area (Å²) in [5.41, 5.74) is 5.63. The molecule has 0 bridgehead atoms. The van der Waals surface area contributed by atoms with Crippen LogP contribution in [0.1, 0.15) is 32.6 Å². The van der Waals surface area contributed by atoms with E-state index in [0.29, 0.717) is 18.1 Å². The maximum Gasteiger partial charge on any atom is 0.152 e. The second-order valence-corrected chi connectivity index (χ2v) is 5.09. The number of aromatic nitrogens is 2. The van der Waals surface area contributed by atoms with Crippen LogP contribution in [0.25, 0.3) is 0 Å². The Hall–Kier alpha value is -1.36. The SMILES string of the molecule is CC1CCC(O)(CNc2ncncc2N)CC1. The molecule has 4 N–H and O–H groups in total. The van der Waals surface area contributed by atoms with Crippen molar-refractivity contribution in [2.75, 3.05) is 17.6 Å². The van der Waals surface area contributed by atoms with Gasteiger partial charge in [-0.15, -0.1) is 0 Å². The summed E-state index contributed by atoms with van der Waals surface area (Å²) in [6.07, 6.45) is 6.85. The van der Waals surface area contributed by atoms with Crippen LogP contribution in [0.15, 0.2) is 12.5 Å². The van der Waals surface area contributed by atoms with Crippen LogP contribution in [0.2, 0.25) is 0 Å². The number of aliphatic hydroxyl groups is 1. The van der Waals surface area contributed by atoms with Crippen molar-refractivity contribution >= 4 is 11.5 Å². The zero-order valence-corrected chi connectivity index (χ0v) is 10.2. The van der Waals surface area contributed by atoms with Crippen molar-refractivity contribution in [3.8, 4) is 0 Å². The molecule has 0 radical (unpaired) electrons. The maximum absolute atomic E-state index is 10.4. The Morgan fingerprint density at radius 2 is 2.24 bits per heavy atom. The van der Waals surface area contributed by atoms with E-state index in [4.69, 9.17) is 5.73 Å². The van der Waals surface area contributed by atoms with Crippen molar-refractivity contribution in [1.29, 1.82) is 0 Å². The Balaban J connectivity index is 1.92. The fourth-order valence-electron chi connectivity index (χ4n) is 2.21. The average molecular weight is 236 g/mol. The fraction of sp³-hybridized carbons (Fsp3) is 0.667. The molecule has 2 rings (SSSR count). The van der Waals surface area contributed by atoms with Gasteiger partial charge in [0.2, 0.25) is 0 Å². The first kappa shape index (κ1) is 12.1. The van der Waals surface area contributed by atoms with Crippen molar-refractivity contribution in [2.24, 2.45) is 5.92 Å². The molecule has 0 aromatic carbocycles. The van der Waals surface area contributed by atoms with Crippen molar-refractivity contribution in [2.45, 2.75) is 38.2 Å². The van der Waals surface area contributed by atoms with Crippen molar-refractivity contribution < 1.29 is 5.11 Å². The van der Waals surface area contributed by atoms with Gasteiger partial charge in [-0.25, -0.2) is 9.97 Å². The molecule has 1 fully saturated rings. The lowest BCUT2D eigenvalue weighted by Gasteiger charge is -2.35. The zero-order valence-electron chi connectivity index (χ0n) is 10.2. The highest BCUT2D eigenvalue weighted by atomic mass is 16.3. The van der Waals surface area contributed by atoms with E-state index in [1.807, 2.05) is 0 Å². The highest BCUT2D eigenvalue weighted by molar-refractivity contribution is 5.59. The quantitative estimate of drug-likeness (QED) is 0.739. The topological polar surface area (TPSA) is 84.1 Å². The van der Waals surface area contributed by atoms with E-state index in [0.717, 1.165) is 31.6 Å². The molecule has 1 aromatic heterocycles. The van der Waals surface area contributed by atoms with E-state index >= 15 is 0 Å². The molecule has 0 aliphatic heterocycles. The minimum Gasteiger partial charge on any atom is -0.394 e. The Labute approximate surface area is 101 Å². The van der Waals surface area contributed by atoms with Crippen molar-refractivity contribution in [1.82, 2.24) is 9.97 Å². The van der Waals surface area contributed by atoms with Crippen LogP contribution in [0, 0.1) is 5.92 Å². The fourth-order valence-corrected chi connectivity index (χ4v) is 2.21. The summed E-state index contributed by atoms with van der Waals surface area (Å²) < 4.78 is 0. The Morgan fingerprint density at radius 1 is 1.53 bits per heavy atom. The lowest BCUT2D eigenvalue weighted by molar-refractivity contribution is 0.00496. The summed E-state index contributed by atoms with van der Waals surface area (Å²) in [5, 5.41) is 13.5. The van der Waals surface area contributed by atoms with Gasteiger partial charge in [0.1, 0.15) is 6.33 Å². The normalized spacial score (nSPS) is 28.9. The van der Waals surface area contributed by atoms with E-state index in [-0.39, 0.29) is 0 Å². The van der Waals surface area contributed by atoms with Gasteiger partial charge >= 0.3 is 0 Å². The molecule has 0 amide bonds. The van der Waals surface area contributed by atoms with E-state index in [1.54, 1.807) is 6.20 Å². The van der Waals surface area contributed by atoms with Crippen molar-refractivity contribution in [3.63, 3.8) is 0 Å². The number of nitrogen functional groups attached to an aromatic ring is 1. The molecule has 0 spiro atoms. The third-order valence-corrected chi connectivity index (χ3v) is 3.53. The van der Waals surface area contributed by atoms with Crippen LogP contribution in [0.3, 0.4) is 0 Å². The van der Waals surface area contributed by atoms with Crippen LogP contribution >= 0.6 is 0 Å². The standard InChI is InChI=1S/C12H20N4O/c1-9-2-4-12(17,5-3-9)7-15-11-10(13)6-14-8-16-11/h6,8-9,17H,2-5,7,13H2,1H3,(H,14,15,16). The molecule has 1 aliphatic rings. The molecule has 1 aromatic rings. The van der Waals surface area contributed by atoms with Crippen LogP contribution in [-0.4, -0.2) is 27.2 Å². The van der Waals surface area contributed by atoms with Gasteiger partial charge in [0.25, 0.3) is 0 Å². The van der Waals surface area contributed by atoms with Crippen molar-refractivity contribution in [3.05, 3.63) is 12.5 Å². The number of rotatable bonds is 3. The number of hydrogen-bond acceptors (Lipinski definition) is 5. The molecule has 94 valence electrons. The third-order valence-electron chi connectivity index (χ3n) is 3.53. The molecule has 5 nitrogen and oxygen atoms in total. The van der Waals surface area contributed by atoms with E-state index in [2.05, 4.69) is 22.2 Å². The largest absolute Gasteiger partial charge is 0.394 e. The first-order valence-electron chi connectivity index (χ1n) is 6.11. The summed E-state index contributed by atoms with van der Waals surface area (Å²) in [4.78, 5) is 7.88. The number of nitrogens with two attached hydrogens (primary N) is 1. The van der Waals surface area contributed by atoms with E-state index in [9.17, 15) is 5.11 Å². The smallest absolute Gasteiger partial charge is 0.152 e. The van der Waals surface area contributed by atoms with Gasteiger partial charge in [0, 0.05) is 6.54 Å². The van der Waals surface area contributed by atoms with Gasteiger partial charge in [0.05, 0.1) is 17.5 Å².